The van der Waals surface area contributed by atoms with Crippen molar-refractivity contribution in [3.63, 3.8) is 0 Å². The van der Waals surface area contributed by atoms with Gasteiger partial charge in [-0.3, -0.25) is 4.99 Å². The molecule has 1 aliphatic rings. The molecule has 1 aromatic heterocycles. The average molecular weight is 623 g/mol. The number of hydrogen-bond acceptors (Lipinski definition) is 3. The van der Waals surface area contributed by atoms with Crippen molar-refractivity contribution in [1.82, 2.24) is 4.57 Å². The van der Waals surface area contributed by atoms with E-state index in [0.717, 1.165) is 47.4 Å². The van der Waals surface area contributed by atoms with Gasteiger partial charge in [0.05, 0.1) is 17.3 Å². The number of hydrogen-bond donors (Lipinski definition) is 2. The molecule has 48 heavy (non-hydrogen) atoms. The lowest BCUT2D eigenvalue weighted by Gasteiger charge is -2.18. The summed E-state index contributed by atoms with van der Waals surface area (Å²) in [5.41, 5.74) is 21.1. The van der Waals surface area contributed by atoms with Gasteiger partial charge in [-0.05, 0) is 110 Å². The van der Waals surface area contributed by atoms with Crippen molar-refractivity contribution in [2.24, 2.45) is 16.5 Å². The quantitative estimate of drug-likeness (QED) is 0.131. The van der Waals surface area contributed by atoms with Gasteiger partial charge in [-0.1, -0.05) is 104 Å². The molecule has 0 radical (unpaired) electrons. The number of aliphatic imine (C=N–C) groups is 1. The lowest BCUT2D eigenvalue weighted by Crippen LogP contribution is -2.01. The smallest absolute Gasteiger partial charge is 0.0761 e. The van der Waals surface area contributed by atoms with Crippen LogP contribution in [0.3, 0.4) is 0 Å². The minimum Gasteiger partial charge on any atom is -0.405 e. The summed E-state index contributed by atoms with van der Waals surface area (Å²) in [6.45, 7) is 4.59. The summed E-state index contributed by atoms with van der Waals surface area (Å²) in [5, 5.41) is 9.00. The molecule has 7 aromatic rings. The average Bonchev–Trinajstić information content (AvgIpc) is 3.31. The third-order valence-corrected chi connectivity index (χ3v) is 9.87. The van der Waals surface area contributed by atoms with Crippen LogP contribution >= 0.6 is 0 Å². The summed E-state index contributed by atoms with van der Waals surface area (Å²) in [5.74, 6) is 0. The maximum Gasteiger partial charge on any atom is 0.0761 e. The van der Waals surface area contributed by atoms with E-state index < -0.39 is 0 Å². The molecule has 4 N–H and O–H groups in total. The first-order valence-electron chi connectivity index (χ1n) is 16.7. The molecule has 0 spiro atoms. The number of benzene rings is 6. The van der Waals surface area contributed by atoms with Gasteiger partial charge in [-0.2, -0.15) is 0 Å². The fraction of sp³-hybridized carbons (Fsp3) is 0.114. The number of nitrogens with zero attached hydrogens (tertiary/aromatic N) is 2. The van der Waals surface area contributed by atoms with E-state index in [1.54, 1.807) is 6.20 Å². The number of nitrogens with two attached hydrogens (primary N) is 2. The predicted octanol–water partition coefficient (Wildman–Crippen LogP) is 10.4. The van der Waals surface area contributed by atoms with E-state index in [1.807, 2.05) is 18.2 Å². The van der Waals surface area contributed by atoms with Gasteiger partial charge in [0, 0.05) is 29.8 Å². The molecule has 4 heteroatoms. The maximum absolute atomic E-state index is 6.21. The molecule has 1 atom stereocenters. The largest absolute Gasteiger partial charge is 0.405 e. The van der Waals surface area contributed by atoms with Crippen LogP contribution in [0.4, 0.5) is 0 Å². The first-order chi connectivity index (χ1) is 23.7. The Morgan fingerprint density at radius 3 is 2.31 bits per heavy atom. The topological polar surface area (TPSA) is 69.3 Å². The summed E-state index contributed by atoms with van der Waals surface area (Å²) in [4.78, 5) is 5.44. The SMILES string of the molecule is C=Cc1c(CN)c2ccccc2n1-c1ccc(C2=CC(C/C=C\C=C/N)=NC(c3ccc4ccc5cccc6ccc3c4c56)CC2)cc1. The molecule has 1 aliphatic heterocycles. The Balaban J connectivity index is 1.17. The molecule has 234 valence electrons. The van der Waals surface area contributed by atoms with Crippen molar-refractivity contribution in [3.05, 3.63) is 163 Å². The Kier molecular flexibility index (Phi) is 7.71. The first kappa shape index (κ1) is 29.7. The van der Waals surface area contributed by atoms with Crippen molar-refractivity contribution in [3.8, 4) is 5.69 Å². The Morgan fingerprint density at radius 1 is 0.792 bits per heavy atom. The van der Waals surface area contributed by atoms with Crippen LogP contribution in [-0.2, 0) is 6.54 Å². The van der Waals surface area contributed by atoms with Gasteiger partial charge in [0.15, 0.2) is 0 Å². The number of allylic oxidation sites excluding steroid dienone is 5. The van der Waals surface area contributed by atoms with Gasteiger partial charge < -0.3 is 16.0 Å². The second-order valence-electron chi connectivity index (χ2n) is 12.5. The fourth-order valence-corrected chi connectivity index (χ4v) is 7.67. The zero-order chi connectivity index (χ0) is 32.6. The Hall–Kier alpha value is -5.71. The van der Waals surface area contributed by atoms with Crippen LogP contribution in [0.5, 0.6) is 0 Å². The summed E-state index contributed by atoms with van der Waals surface area (Å²) in [6, 6.07) is 37.6. The van der Waals surface area contributed by atoms with Crippen LogP contribution in [0.25, 0.3) is 60.6 Å². The lowest BCUT2D eigenvalue weighted by molar-refractivity contribution is 0.678. The second-order valence-corrected chi connectivity index (χ2v) is 12.5. The number of aromatic nitrogens is 1. The predicted molar refractivity (Wildman–Crippen MR) is 206 cm³/mol. The molecule has 1 unspecified atom stereocenters. The summed E-state index contributed by atoms with van der Waals surface area (Å²) in [6.07, 6.45) is 14.3. The molecular weight excluding hydrogens is 585 g/mol. The highest BCUT2D eigenvalue weighted by Gasteiger charge is 2.21. The fourth-order valence-electron chi connectivity index (χ4n) is 7.67. The van der Waals surface area contributed by atoms with Crippen molar-refractivity contribution in [1.29, 1.82) is 0 Å². The van der Waals surface area contributed by atoms with E-state index in [0.29, 0.717) is 6.54 Å². The summed E-state index contributed by atoms with van der Waals surface area (Å²) < 4.78 is 2.27. The van der Waals surface area contributed by atoms with Gasteiger partial charge in [-0.25, -0.2) is 0 Å². The van der Waals surface area contributed by atoms with Crippen LogP contribution in [0.15, 0.2) is 145 Å². The Morgan fingerprint density at radius 2 is 1.54 bits per heavy atom. The molecular formula is C44H38N4. The van der Waals surface area contributed by atoms with Crippen molar-refractivity contribution in [2.45, 2.75) is 31.8 Å². The van der Waals surface area contributed by atoms with Crippen molar-refractivity contribution >= 4 is 60.6 Å². The third-order valence-electron chi connectivity index (χ3n) is 9.87. The highest BCUT2D eigenvalue weighted by Crippen LogP contribution is 2.41. The van der Waals surface area contributed by atoms with Gasteiger partial charge in [0.1, 0.15) is 0 Å². The second kappa shape index (κ2) is 12.5. The van der Waals surface area contributed by atoms with E-state index in [2.05, 4.69) is 126 Å². The molecule has 0 bridgehead atoms. The zero-order valence-electron chi connectivity index (χ0n) is 26.9. The first-order valence-corrected chi connectivity index (χ1v) is 16.7. The van der Waals surface area contributed by atoms with Crippen LogP contribution < -0.4 is 11.5 Å². The zero-order valence-corrected chi connectivity index (χ0v) is 26.9. The number of fused-ring (bicyclic) bond motifs is 1. The minimum absolute atomic E-state index is 0.0483. The minimum atomic E-state index is 0.0483. The lowest BCUT2D eigenvalue weighted by atomic mass is 9.88. The van der Waals surface area contributed by atoms with Crippen LogP contribution in [-0.4, -0.2) is 10.3 Å². The molecule has 0 aliphatic carbocycles. The molecule has 8 rings (SSSR count). The normalized spacial score (nSPS) is 15.6. The van der Waals surface area contributed by atoms with Gasteiger partial charge in [0.25, 0.3) is 0 Å². The molecule has 0 amide bonds. The molecule has 0 saturated carbocycles. The van der Waals surface area contributed by atoms with Crippen LogP contribution in [0.1, 0.15) is 47.7 Å². The Labute approximate surface area is 281 Å². The van der Waals surface area contributed by atoms with Crippen molar-refractivity contribution in [2.75, 3.05) is 0 Å². The number of para-hydroxylation sites is 1. The van der Waals surface area contributed by atoms with E-state index >= 15 is 0 Å². The molecule has 4 nitrogen and oxygen atoms in total. The van der Waals surface area contributed by atoms with Crippen LogP contribution in [0.2, 0.25) is 0 Å². The Bertz CT molecular complexity index is 2420. The highest BCUT2D eigenvalue weighted by molar-refractivity contribution is 6.23. The van der Waals surface area contributed by atoms with E-state index in [4.69, 9.17) is 16.5 Å². The van der Waals surface area contributed by atoms with Crippen molar-refractivity contribution < 1.29 is 0 Å². The summed E-state index contributed by atoms with van der Waals surface area (Å²) in [7, 11) is 0. The monoisotopic (exact) mass is 622 g/mol. The van der Waals surface area contributed by atoms with E-state index in [-0.39, 0.29) is 6.04 Å². The standard InChI is InChI=1S/C44H38N4/c1-2-41-39(28-46)37-12-5-6-13-42(37)48(41)35-21-16-29(17-22-35)33-20-25-40(47-34(27-33)11-4-3-7-26-45)36-23-18-32-15-14-30-9-8-10-31-19-24-38(36)44(32)43(30)31/h2-10,12-19,21-24,26-27,40H,1,11,20,25,28,45-46H2/b4-3-,26-7-. The number of rotatable bonds is 8. The molecule has 0 fully saturated rings. The van der Waals surface area contributed by atoms with Gasteiger partial charge >= 0.3 is 0 Å². The molecule has 6 aromatic carbocycles. The molecule has 2 heterocycles. The van der Waals surface area contributed by atoms with Gasteiger partial charge in [-0.15, -0.1) is 0 Å². The van der Waals surface area contributed by atoms with E-state index in [1.165, 1.54) is 54.4 Å². The third kappa shape index (κ3) is 5.02. The molecule has 0 saturated heterocycles. The maximum atomic E-state index is 6.21. The van der Waals surface area contributed by atoms with E-state index in [9.17, 15) is 0 Å². The van der Waals surface area contributed by atoms with Gasteiger partial charge in [0.2, 0.25) is 0 Å². The summed E-state index contributed by atoms with van der Waals surface area (Å²) >= 11 is 0. The highest BCUT2D eigenvalue weighted by atomic mass is 15.0. The van der Waals surface area contributed by atoms with Crippen LogP contribution in [0, 0.1) is 0 Å².